The van der Waals surface area contributed by atoms with Crippen molar-refractivity contribution in [2.75, 3.05) is 0 Å². The lowest BCUT2D eigenvalue weighted by Gasteiger charge is -2.08. The summed E-state index contributed by atoms with van der Waals surface area (Å²) in [4.78, 5) is 24.3. The van der Waals surface area contributed by atoms with Crippen LogP contribution in [0.3, 0.4) is 0 Å². The molecule has 3 rings (SSSR count). The molecule has 0 aliphatic heterocycles. The quantitative estimate of drug-likeness (QED) is 0.480. The van der Waals surface area contributed by atoms with Crippen molar-refractivity contribution >= 4 is 11.9 Å². The molecule has 0 aliphatic rings. The van der Waals surface area contributed by atoms with Crippen molar-refractivity contribution in [1.29, 1.82) is 0 Å². The summed E-state index contributed by atoms with van der Waals surface area (Å²) in [6.45, 7) is 0. The number of hydrogen-bond donors (Lipinski definition) is 3. The smallest absolute Gasteiger partial charge is 0.347 e. The van der Waals surface area contributed by atoms with Crippen molar-refractivity contribution in [2.45, 2.75) is 0 Å². The molecule has 3 aromatic rings. The van der Waals surface area contributed by atoms with E-state index in [1.807, 2.05) is 0 Å². The van der Waals surface area contributed by atoms with Crippen molar-refractivity contribution in [3.8, 4) is 28.7 Å². The molecule has 0 saturated heterocycles. The monoisotopic (exact) mass is 366 g/mol. The Kier molecular flexibility index (Phi) is 4.94. The van der Waals surface area contributed by atoms with Gasteiger partial charge in [-0.05, 0) is 66.7 Å². The van der Waals surface area contributed by atoms with Crippen LogP contribution in [0.1, 0.15) is 20.7 Å². The zero-order valence-corrected chi connectivity index (χ0v) is 13.8. The number of carbonyl (C=O) groups is 2. The van der Waals surface area contributed by atoms with Gasteiger partial charge in [-0.2, -0.15) is 0 Å². The lowest BCUT2D eigenvalue weighted by atomic mass is 10.1. The van der Waals surface area contributed by atoms with Crippen LogP contribution in [0.2, 0.25) is 0 Å². The highest BCUT2D eigenvalue weighted by atomic mass is 16.5. The Hall–Kier alpha value is -4.00. The Balaban J connectivity index is 1.72. The minimum atomic E-state index is -0.823. The molecule has 27 heavy (non-hydrogen) atoms. The van der Waals surface area contributed by atoms with Crippen molar-refractivity contribution in [3.63, 3.8) is 0 Å². The summed E-state index contributed by atoms with van der Waals surface area (Å²) < 4.78 is 10.2. The number of esters is 2. The molecule has 0 atom stereocenters. The standard InChI is InChI=1S/C20H14O7/c21-13-2-6-15(7-3-13)26-19(24)12-1-10-17(18(23)11-12)20(25)27-16-8-4-14(22)5-9-16/h1-11,21-23H. The van der Waals surface area contributed by atoms with Crippen molar-refractivity contribution in [3.05, 3.63) is 77.9 Å². The lowest BCUT2D eigenvalue weighted by Crippen LogP contribution is -2.11. The zero-order chi connectivity index (χ0) is 19.4. The van der Waals surface area contributed by atoms with Crippen molar-refractivity contribution in [2.24, 2.45) is 0 Å². The molecule has 0 saturated carbocycles. The molecular formula is C20H14O7. The molecule has 0 radical (unpaired) electrons. The molecule has 7 nitrogen and oxygen atoms in total. The van der Waals surface area contributed by atoms with E-state index in [9.17, 15) is 24.9 Å². The maximum atomic E-state index is 12.1. The summed E-state index contributed by atoms with van der Waals surface area (Å²) in [5, 5.41) is 28.5. The summed E-state index contributed by atoms with van der Waals surface area (Å²) in [5.41, 5.74) is -0.106. The van der Waals surface area contributed by atoms with E-state index >= 15 is 0 Å². The number of phenolic OH excluding ortho intramolecular Hbond substituents is 3. The Labute approximate surface area is 153 Å². The fraction of sp³-hybridized carbons (Fsp3) is 0. The molecule has 136 valence electrons. The molecule has 3 N–H and O–H groups in total. The van der Waals surface area contributed by atoms with E-state index in [2.05, 4.69) is 0 Å². The fourth-order valence-electron chi connectivity index (χ4n) is 2.19. The summed E-state index contributed by atoms with van der Waals surface area (Å²) in [6.07, 6.45) is 0. The second-order valence-electron chi connectivity index (χ2n) is 5.50. The Morgan fingerprint density at radius 3 is 1.59 bits per heavy atom. The molecule has 7 heteroatoms. The van der Waals surface area contributed by atoms with Gasteiger partial charge < -0.3 is 24.8 Å². The molecular weight excluding hydrogens is 352 g/mol. The fourth-order valence-corrected chi connectivity index (χ4v) is 2.19. The maximum Gasteiger partial charge on any atom is 0.347 e. The number of phenols is 3. The van der Waals surface area contributed by atoms with Crippen LogP contribution in [-0.4, -0.2) is 27.3 Å². The minimum absolute atomic E-state index is 0.0224. The van der Waals surface area contributed by atoms with E-state index in [-0.39, 0.29) is 34.1 Å². The third-order valence-corrected chi connectivity index (χ3v) is 3.55. The summed E-state index contributed by atoms with van der Waals surface area (Å²) in [5.74, 6) is -1.55. The number of rotatable bonds is 4. The van der Waals surface area contributed by atoms with E-state index in [0.717, 1.165) is 6.07 Å². The molecule has 3 aromatic carbocycles. The molecule has 0 amide bonds. The molecule has 0 unspecified atom stereocenters. The second-order valence-corrected chi connectivity index (χ2v) is 5.50. The van der Waals surface area contributed by atoms with E-state index in [0.29, 0.717) is 0 Å². The zero-order valence-electron chi connectivity index (χ0n) is 13.8. The van der Waals surface area contributed by atoms with Crippen LogP contribution < -0.4 is 9.47 Å². The maximum absolute atomic E-state index is 12.1. The molecule has 0 heterocycles. The van der Waals surface area contributed by atoms with Crippen molar-refractivity contribution < 1.29 is 34.4 Å². The van der Waals surface area contributed by atoms with Gasteiger partial charge in [0.05, 0.1) is 5.56 Å². The van der Waals surface area contributed by atoms with E-state index in [4.69, 9.17) is 9.47 Å². The first-order valence-corrected chi connectivity index (χ1v) is 7.78. The number of ether oxygens (including phenoxy) is 2. The van der Waals surface area contributed by atoms with Gasteiger partial charge in [0.2, 0.25) is 0 Å². The summed E-state index contributed by atoms with van der Waals surface area (Å²) in [7, 11) is 0. The Bertz CT molecular complexity index is 976. The first kappa shape index (κ1) is 17.8. The van der Waals surface area contributed by atoms with Gasteiger partial charge in [-0.3, -0.25) is 0 Å². The number of hydrogen-bond acceptors (Lipinski definition) is 7. The highest BCUT2D eigenvalue weighted by Crippen LogP contribution is 2.24. The number of benzene rings is 3. The average molecular weight is 366 g/mol. The van der Waals surface area contributed by atoms with Gasteiger partial charge in [-0.1, -0.05) is 0 Å². The SMILES string of the molecule is O=C(Oc1ccc(O)cc1)c1ccc(C(=O)Oc2ccc(O)cc2)c(O)c1. The third kappa shape index (κ3) is 4.35. The number of carbonyl (C=O) groups excluding carboxylic acids is 2. The lowest BCUT2D eigenvalue weighted by molar-refractivity contribution is 0.0717. The third-order valence-electron chi connectivity index (χ3n) is 3.55. The summed E-state index contributed by atoms with van der Waals surface area (Å²) >= 11 is 0. The van der Waals surface area contributed by atoms with Gasteiger partial charge in [-0.15, -0.1) is 0 Å². The van der Waals surface area contributed by atoms with Gasteiger partial charge in [0.25, 0.3) is 0 Å². The largest absolute Gasteiger partial charge is 0.508 e. The van der Waals surface area contributed by atoms with Crippen LogP contribution >= 0.6 is 0 Å². The van der Waals surface area contributed by atoms with E-state index in [1.54, 1.807) is 0 Å². The van der Waals surface area contributed by atoms with Gasteiger partial charge in [0, 0.05) is 0 Å². The Morgan fingerprint density at radius 1 is 0.630 bits per heavy atom. The van der Waals surface area contributed by atoms with Gasteiger partial charge >= 0.3 is 11.9 Å². The molecule has 0 fully saturated rings. The molecule has 0 aromatic heterocycles. The van der Waals surface area contributed by atoms with Crippen LogP contribution in [0.25, 0.3) is 0 Å². The van der Waals surface area contributed by atoms with Crippen LogP contribution in [0, 0.1) is 0 Å². The minimum Gasteiger partial charge on any atom is -0.508 e. The predicted octanol–water partition coefficient (Wildman–Crippen LogP) is 3.24. The highest BCUT2D eigenvalue weighted by Gasteiger charge is 2.17. The van der Waals surface area contributed by atoms with Crippen LogP contribution in [0.5, 0.6) is 28.7 Å². The first-order valence-electron chi connectivity index (χ1n) is 7.78. The van der Waals surface area contributed by atoms with E-state index < -0.39 is 17.7 Å². The van der Waals surface area contributed by atoms with Gasteiger partial charge in [-0.25, -0.2) is 9.59 Å². The average Bonchev–Trinajstić information content (AvgIpc) is 2.65. The van der Waals surface area contributed by atoms with Crippen molar-refractivity contribution in [1.82, 2.24) is 0 Å². The van der Waals surface area contributed by atoms with Crippen LogP contribution in [0.15, 0.2) is 66.7 Å². The predicted molar refractivity (Wildman–Crippen MR) is 94.2 cm³/mol. The first-order chi connectivity index (χ1) is 12.9. The molecule has 0 bridgehead atoms. The molecule has 0 spiro atoms. The van der Waals surface area contributed by atoms with E-state index in [1.165, 1.54) is 60.7 Å². The topological polar surface area (TPSA) is 113 Å². The van der Waals surface area contributed by atoms with Gasteiger partial charge in [0.15, 0.2) is 0 Å². The summed E-state index contributed by atoms with van der Waals surface area (Å²) in [6, 6.07) is 14.7. The molecule has 0 aliphatic carbocycles. The Morgan fingerprint density at radius 2 is 1.11 bits per heavy atom. The van der Waals surface area contributed by atoms with Gasteiger partial charge in [0.1, 0.15) is 34.3 Å². The van der Waals surface area contributed by atoms with Crippen LogP contribution in [0.4, 0.5) is 0 Å². The second kappa shape index (κ2) is 7.49. The normalized spacial score (nSPS) is 10.2. The van der Waals surface area contributed by atoms with Crippen LogP contribution in [-0.2, 0) is 0 Å². The number of aromatic hydroxyl groups is 3. The highest BCUT2D eigenvalue weighted by molar-refractivity contribution is 5.97.